The summed E-state index contributed by atoms with van der Waals surface area (Å²) in [5, 5.41) is 5.09. The second-order valence-corrected chi connectivity index (χ2v) is 12.1. The molecule has 45 heavy (non-hydrogen) atoms. The van der Waals surface area contributed by atoms with Crippen LogP contribution >= 0.6 is 0 Å². The molecule has 0 atom stereocenters. The molecule has 0 bridgehead atoms. The van der Waals surface area contributed by atoms with Crippen molar-refractivity contribution in [3.8, 4) is 11.4 Å². The maximum atomic E-state index is 2.51. The highest BCUT2D eigenvalue weighted by Gasteiger charge is 2.45. The van der Waals surface area contributed by atoms with E-state index < -0.39 is 5.41 Å². The summed E-state index contributed by atoms with van der Waals surface area (Å²) in [6.07, 6.45) is 0. The van der Waals surface area contributed by atoms with Crippen LogP contribution in [0.3, 0.4) is 0 Å². The molecule has 0 aliphatic carbocycles. The van der Waals surface area contributed by atoms with Crippen LogP contribution in [-0.2, 0) is 5.41 Å². The van der Waals surface area contributed by atoms with E-state index in [1.807, 2.05) is 0 Å². The van der Waals surface area contributed by atoms with Crippen LogP contribution in [0.15, 0.2) is 170 Å². The molecule has 3 heterocycles. The Bertz CT molecular complexity index is 2490. The summed E-state index contributed by atoms with van der Waals surface area (Å²) in [7, 11) is 0. The van der Waals surface area contributed by atoms with E-state index in [0.29, 0.717) is 0 Å². The first-order chi connectivity index (χ1) is 22.4. The highest BCUT2D eigenvalue weighted by atomic mass is 15.0. The van der Waals surface area contributed by atoms with Crippen molar-refractivity contribution in [1.29, 1.82) is 0 Å². The second kappa shape index (κ2) is 9.07. The van der Waals surface area contributed by atoms with Crippen LogP contribution in [0.25, 0.3) is 55.0 Å². The van der Waals surface area contributed by atoms with Gasteiger partial charge in [-0.2, -0.15) is 0 Å². The topological polar surface area (TPSA) is 9.86 Å². The first kappa shape index (κ1) is 24.6. The van der Waals surface area contributed by atoms with Crippen molar-refractivity contribution in [2.24, 2.45) is 0 Å². The molecule has 0 unspecified atom stereocenters. The Morgan fingerprint density at radius 3 is 1.58 bits per heavy atom. The average Bonchev–Trinajstić information content (AvgIpc) is 3.63. The molecule has 0 saturated heterocycles. The van der Waals surface area contributed by atoms with Gasteiger partial charge >= 0.3 is 0 Å². The van der Waals surface area contributed by atoms with E-state index in [1.54, 1.807) is 0 Å². The van der Waals surface area contributed by atoms with Gasteiger partial charge in [-0.15, -0.1) is 0 Å². The molecule has 1 aliphatic rings. The summed E-state index contributed by atoms with van der Waals surface area (Å²) in [6.45, 7) is 0. The Morgan fingerprint density at radius 1 is 0.356 bits per heavy atom. The largest absolute Gasteiger partial charge is 0.309 e. The minimum Gasteiger partial charge on any atom is -0.309 e. The maximum Gasteiger partial charge on any atom is 0.0742 e. The van der Waals surface area contributed by atoms with E-state index in [0.717, 1.165) is 0 Å². The zero-order valence-corrected chi connectivity index (χ0v) is 24.6. The summed E-state index contributed by atoms with van der Waals surface area (Å²) in [5.74, 6) is 0. The van der Waals surface area contributed by atoms with Crippen molar-refractivity contribution in [3.63, 3.8) is 0 Å². The summed E-state index contributed by atoms with van der Waals surface area (Å²) in [5.41, 5.74) is 12.1. The molecule has 2 aromatic heterocycles. The van der Waals surface area contributed by atoms with Gasteiger partial charge in [-0.3, -0.25) is 0 Å². The van der Waals surface area contributed by atoms with Crippen LogP contribution in [0.2, 0.25) is 0 Å². The number of hydrogen-bond donors (Lipinski definition) is 0. The van der Waals surface area contributed by atoms with E-state index in [1.165, 1.54) is 77.2 Å². The summed E-state index contributed by atoms with van der Waals surface area (Å²) >= 11 is 0. The lowest BCUT2D eigenvalue weighted by Crippen LogP contribution is -2.35. The smallest absolute Gasteiger partial charge is 0.0742 e. The fourth-order valence-electron chi connectivity index (χ4n) is 8.25. The van der Waals surface area contributed by atoms with Gasteiger partial charge in [-0.25, -0.2) is 0 Å². The monoisotopic (exact) mass is 572 g/mol. The van der Waals surface area contributed by atoms with Crippen LogP contribution in [0, 0.1) is 0 Å². The zero-order valence-electron chi connectivity index (χ0n) is 24.6. The molecule has 10 rings (SSSR count). The molecule has 0 amide bonds. The fourth-order valence-corrected chi connectivity index (χ4v) is 8.25. The number of rotatable bonds is 3. The molecule has 0 fully saturated rings. The molecule has 0 saturated carbocycles. The average molecular weight is 573 g/mol. The van der Waals surface area contributed by atoms with Gasteiger partial charge < -0.3 is 9.13 Å². The van der Waals surface area contributed by atoms with Crippen molar-refractivity contribution in [1.82, 2.24) is 9.13 Å². The van der Waals surface area contributed by atoms with Crippen molar-refractivity contribution in [2.75, 3.05) is 0 Å². The van der Waals surface area contributed by atoms with E-state index in [9.17, 15) is 0 Å². The van der Waals surface area contributed by atoms with Crippen LogP contribution in [-0.4, -0.2) is 9.13 Å². The third kappa shape index (κ3) is 3.13. The first-order valence-corrected chi connectivity index (χ1v) is 15.6. The van der Waals surface area contributed by atoms with Gasteiger partial charge in [0, 0.05) is 27.2 Å². The van der Waals surface area contributed by atoms with Gasteiger partial charge in [0.1, 0.15) is 0 Å². The quantitative estimate of drug-likeness (QED) is 0.199. The van der Waals surface area contributed by atoms with Gasteiger partial charge in [-0.05, 0) is 58.7 Å². The van der Waals surface area contributed by atoms with Gasteiger partial charge in [0.2, 0.25) is 0 Å². The maximum absolute atomic E-state index is 2.51. The Balaban J connectivity index is 1.36. The highest BCUT2D eigenvalue weighted by Crippen LogP contribution is 2.54. The molecule has 2 heteroatoms. The molecule has 0 N–H and O–H groups in total. The van der Waals surface area contributed by atoms with E-state index in [2.05, 4.69) is 179 Å². The van der Waals surface area contributed by atoms with Crippen molar-refractivity contribution >= 4 is 43.6 Å². The molecule has 9 aromatic rings. The van der Waals surface area contributed by atoms with Crippen LogP contribution in [0.5, 0.6) is 0 Å². The van der Waals surface area contributed by atoms with Crippen LogP contribution in [0.4, 0.5) is 0 Å². The molecular formula is C43H28N2. The van der Waals surface area contributed by atoms with Crippen LogP contribution in [0.1, 0.15) is 22.3 Å². The third-order valence-corrected chi connectivity index (χ3v) is 9.98. The fraction of sp³-hybridized carbons (Fsp3) is 0.0233. The minimum atomic E-state index is -0.460. The lowest BCUT2D eigenvalue weighted by atomic mass is 9.63. The zero-order chi connectivity index (χ0) is 29.5. The van der Waals surface area contributed by atoms with Crippen LogP contribution < -0.4 is 0 Å². The highest BCUT2D eigenvalue weighted by molar-refractivity contribution is 6.14. The Labute approximate surface area is 261 Å². The number of fused-ring (bicyclic) bond motifs is 8. The van der Waals surface area contributed by atoms with E-state index in [-0.39, 0.29) is 0 Å². The van der Waals surface area contributed by atoms with Crippen molar-refractivity contribution in [2.45, 2.75) is 5.41 Å². The first-order valence-electron chi connectivity index (χ1n) is 15.6. The summed E-state index contributed by atoms with van der Waals surface area (Å²) < 4.78 is 4.93. The molecule has 0 spiro atoms. The normalized spacial score (nSPS) is 13.5. The predicted molar refractivity (Wildman–Crippen MR) is 187 cm³/mol. The minimum absolute atomic E-state index is 0.460. The molecule has 2 nitrogen and oxygen atoms in total. The lowest BCUT2D eigenvalue weighted by molar-refractivity contribution is 0.728. The van der Waals surface area contributed by atoms with Gasteiger partial charge in [0.25, 0.3) is 0 Å². The number of aromatic nitrogens is 2. The Hall–Kier alpha value is -5.86. The molecule has 7 aromatic carbocycles. The SMILES string of the molecule is c1ccc(C2(c3ccccc3)c3ccccc3-n3c4ccc(-n5c6ccccc6c6ccccc65)cc4c4cccc2c43)cc1. The molecule has 0 radical (unpaired) electrons. The number of hydrogen-bond acceptors (Lipinski definition) is 0. The second-order valence-electron chi connectivity index (χ2n) is 12.1. The van der Waals surface area contributed by atoms with Gasteiger partial charge in [0.05, 0.1) is 33.2 Å². The number of nitrogens with zero attached hydrogens (tertiary/aromatic N) is 2. The van der Waals surface area contributed by atoms with E-state index >= 15 is 0 Å². The van der Waals surface area contributed by atoms with Gasteiger partial charge in [0.15, 0.2) is 0 Å². The Kier molecular flexibility index (Phi) is 4.95. The van der Waals surface area contributed by atoms with E-state index in [4.69, 9.17) is 0 Å². The van der Waals surface area contributed by atoms with Crippen molar-refractivity contribution < 1.29 is 0 Å². The standard InChI is InChI=1S/C43H28N2/c1-3-14-29(15-4-1)43(30-16-5-2-6-17-30)36-21-9-12-25-41(36)45-40-27-26-31(28-35(40)34-20-13-22-37(43)42(34)45)44-38-23-10-7-18-32(38)33-19-8-11-24-39(33)44/h1-28H. The predicted octanol–water partition coefficient (Wildman–Crippen LogP) is 10.6. The molecule has 1 aliphatic heterocycles. The number of benzene rings is 7. The lowest BCUT2D eigenvalue weighted by Gasteiger charge is -2.41. The third-order valence-electron chi connectivity index (χ3n) is 9.98. The summed E-state index contributed by atoms with van der Waals surface area (Å²) in [4.78, 5) is 0. The summed E-state index contributed by atoms with van der Waals surface area (Å²) in [6, 6.07) is 62.5. The number of para-hydroxylation sites is 4. The Morgan fingerprint density at radius 2 is 0.889 bits per heavy atom. The molecule has 210 valence electrons. The molecular weight excluding hydrogens is 544 g/mol. The van der Waals surface area contributed by atoms with Gasteiger partial charge in [-0.1, -0.05) is 133 Å². The van der Waals surface area contributed by atoms with Crippen molar-refractivity contribution in [3.05, 3.63) is 192 Å².